The van der Waals surface area contributed by atoms with Crippen LogP contribution >= 0.6 is 11.3 Å². The Morgan fingerprint density at radius 1 is 1.25 bits per heavy atom. The van der Waals surface area contributed by atoms with E-state index in [9.17, 15) is 0 Å². The molecular formula is C13H20N2S. The quantitative estimate of drug-likeness (QED) is 0.850. The highest BCUT2D eigenvalue weighted by Crippen LogP contribution is 2.35. The van der Waals surface area contributed by atoms with E-state index in [0.29, 0.717) is 0 Å². The summed E-state index contributed by atoms with van der Waals surface area (Å²) >= 11 is 1.82. The normalized spacial score (nSPS) is 29.8. The van der Waals surface area contributed by atoms with E-state index < -0.39 is 0 Å². The molecule has 0 saturated heterocycles. The molecule has 3 heteroatoms. The zero-order valence-corrected chi connectivity index (χ0v) is 10.5. The molecule has 2 saturated carbocycles. The maximum atomic E-state index is 4.18. The first-order valence-electron chi connectivity index (χ1n) is 6.52. The molecule has 88 valence electrons. The number of nitrogens with zero attached hydrogens (tertiary/aromatic N) is 1. The van der Waals surface area contributed by atoms with Gasteiger partial charge in [0, 0.05) is 17.1 Å². The highest BCUT2D eigenvalue weighted by Gasteiger charge is 2.29. The molecule has 0 aromatic carbocycles. The maximum Gasteiger partial charge on any atom is 0.0794 e. The zero-order chi connectivity index (χ0) is 10.8. The van der Waals surface area contributed by atoms with Crippen molar-refractivity contribution in [1.29, 1.82) is 0 Å². The minimum absolute atomic E-state index is 0.865. The molecule has 2 atom stereocenters. The number of hydrogen-bond acceptors (Lipinski definition) is 3. The van der Waals surface area contributed by atoms with Gasteiger partial charge in [0.25, 0.3) is 0 Å². The molecule has 1 aromatic heterocycles. The number of nitrogens with one attached hydrogen (secondary N) is 1. The average molecular weight is 236 g/mol. The summed E-state index contributed by atoms with van der Waals surface area (Å²) in [6.07, 6.45) is 10.4. The molecule has 16 heavy (non-hydrogen) atoms. The fourth-order valence-corrected chi connectivity index (χ4v) is 3.55. The van der Waals surface area contributed by atoms with E-state index in [4.69, 9.17) is 0 Å². The van der Waals surface area contributed by atoms with Gasteiger partial charge in [0.1, 0.15) is 0 Å². The third kappa shape index (κ3) is 2.64. The molecule has 0 aliphatic heterocycles. The van der Waals surface area contributed by atoms with Crippen LogP contribution in [0.4, 0.5) is 0 Å². The van der Waals surface area contributed by atoms with Gasteiger partial charge in [-0.3, -0.25) is 4.98 Å². The number of thiazole rings is 1. The van der Waals surface area contributed by atoms with Gasteiger partial charge in [-0.2, -0.15) is 0 Å². The maximum absolute atomic E-state index is 4.18. The van der Waals surface area contributed by atoms with Crippen LogP contribution in [-0.4, -0.2) is 17.6 Å². The van der Waals surface area contributed by atoms with Crippen LogP contribution in [0.15, 0.2) is 11.7 Å². The highest BCUT2D eigenvalue weighted by molar-refractivity contribution is 7.09. The molecule has 0 amide bonds. The topological polar surface area (TPSA) is 24.9 Å². The van der Waals surface area contributed by atoms with E-state index in [1.54, 1.807) is 0 Å². The standard InChI is InChI=1S/C13H20N2S/c1-2-10(6-13-8-14-9-16-13)11(3-1)7-15-12-4-5-12/h8-12,15H,1-7H2. The smallest absolute Gasteiger partial charge is 0.0794 e. The van der Waals surface area contributed by atoms with Crippen molar-refractivity contribution in [1.82, 2.24) is 10.3 Å². The minimum atomic E-state index is 0.865. The molecule has 2 aliphatic rings. The summed E-state index contributed by atoms with van der Waals surface area (Å²) in [6, 6.07) is 0.865. The zero-order valence-electron chi connectivity index (χ0n) is 9.69. The van der Waals surface area contributed by atoms with Crippen LogP contribution in [-0.2, 0) is 6.42 Å². The Morgan fingerprint density at radius 3 is 2.88 bits per heavy atom. The van der Waals surface area contributed by atoms with Crippen molar-refractivity contribution in [2.24, 2.45) is 11.8 Å². The first kappa shape index (κ1) is 10.7. The second-order valence-electron chi connectivity index (χ2n) is 5.31. The SMILES string of the molecule is c1ncc(CC2CCCC2CNC2CC2)s1. The molecule has 2 unspecified atom stereocenters. The van der Waals surface area contributed by atoms with Crippen molar-refractivity contribution >= 4 is 11.3 Å². The Hall–Kier alpha value is -0.410. The van der Waals surface area contributed by atoms with Crippen molar-refractivity contribution in [3.05, 3.63) is 16.6 Å². The first-order valence-corrected chi connectivity index (χ1v) is 7.40. The average Bonchev–Trinajstić information content (AvgIpc) is 2.79. The molecule has 2 nitrogen and oxygen atoms in total. The van der Waals surface area contributed by atoms with E-state index in [1.165, 1.54) is 49.9 Å². The summed E-state index contributed by atoms with van der Waals surface area (Å²) in [4.78, 5) is 5.65. The van der Waals surface area contributed by atoms with Crippen molar-refractivity contribution in [2.75, 3.05) is 6.54 Å². The van der Waals surface area contributed by atoms with Crippen molar-refractivity contribution in [2.45, 2.75) is 44.6 Å². The van der Waals surface area contributed by atoms with E-state index in [0.717, 1.165) is 17.9 Å². The van der Waals surface area contributed by atoms with Gasteiger partial charge in [0.05, 0.1) is 5.51 Å². The number of rotatable bonds is 5. The first-order chi connectivity index (χ1) is 7.92. The Bertz CT molecular complexity index is 319. The predicted octanol–water partition coefficient (Wildman–Crippen LogP) is 2.85. The second kappa shape index (κ2) is 4.84. The summed E-state index contributed by atoms with van der Waals surface area (Å²) in [6.45, 7) is 1.26. The lowest BCUT2D eigenvalue weighted by molar-refractivity contribution is 0.365. The molecule has 2 fully saturated rings. The van der Waals surface area contributed by atoms with Gasteiger partial charge in [-0.05, 0) is 50.5 Å². The lowest BCUT2D eigenvalue weighted by Crippen LogP contribution is -2.27. The van der Waals surface area contributed by atoms with Crippen LogP contribution in [0.1, 0.15) is 37.0 Å². The highest BCUT2D eigenvalue weighted by atomic mass is 32.1. The van der Waals surface area contributed by atoms with E-state index in [1.807, 2.05) is 23.0 Å². The van der Waals surface area contributed by atoms with Crippen molar-refractivity contribution in [3.8, 4) is 0 Å². The number of aromatic nitrogens is 1. The summed E-state index contributed by atoms with van der Waals surface area (Å²) in [5.74, 6) is 1.83. The molecule has 3 rings (SSSR count). The number of hydrogen-bond donors (Lipinski definition) is 1. The molecule has 0 bridgehead atoms. The van der Waals surface area contributed by atoms with Crippen LogP contribution in [0, 0.1) is 11.8 Å². The van der Waals surface area contributed by atoms with Gasteiger partial charge in [-0.25, -0.2) is 0 Å². The fraction of sp³-hybridized carbons (Fsp3) is 0.769. The van der Waals surface area contributed by atoms with Crippen LogP contribution in [0.5, 0.6) is 0 Å². The van der Waals surface area contributed by atoms with Crippen LogP contribution < -0.4 is 5.32 Å². The van der Waals surface area contributed by atoms with Gasteiger partial charge in [-0.1, -0.05) is 6.42 Å². The van der Waals surface area contributed by atoms with Crippen molar-refractivity contribution in [3.63, 3.8) is 0 Å². The second-order valence-corrected chi connectivity index (χ2v) is 6.28. The summed E-state index contributed by atoms with van der Waals surface area (Å²) in [7, 11) is 0. The van der Waals surface area contributed by atoms with Gasteiger partial charge in [-0.15, -0.1) is 11.3 Å². The summed E-state index contributed by atoms with van der Waals surface area (Å²) < 4.78 is 0. The van der Waals surface area contributed by atoms with E-state index >= 15 is 0 Å². The molecule has 1 N–H and O–H groups in total. The van der Waals surface area contributed by atoms with Gasteiger partial charge in [0.15, 0.2) is 0 Å². The lowest BCUT2D eigenvalue weighted by atomic mass is 9.92. The third-order valence-electron chi connectivity index (χ3n) is 4.01. The molecule has 2 aliphatic carbocycles. The van der Waals surface area contributed by atoms with Crippen LogP contribution in [0.3, 0.4) is 0 Å². The van der Waals surface area contributed by atoms with E-state index in [2.05, 4.69) is 10.3 Å². The lowest BCUT2D eigenvalue weighted by Gasteiger charge is -2.19. The van der Waals surface area contributed by atoms with E-state index in [-0.39, 0.29) is 0 Å². The fourth-order valence-electron chi connectivity index (χ4n) is 2.86. The molecule has 1 aromatic rings. The predicted molar refractivity (Wildman–Crippen MR) is 67.7 cm³/mol. The third-order valence-corrected chi connectivity index (χ3v) is 4.81. The minimum Gasteiger partial charge on any atom is -0.314 e. The Labute approximate surface area is 101 Å². The van der Waals surface area contributed by atoms with Gasteiger partial charge < -0.3 is 5.32 Å². The van der Waals surface area contributed by atoms with Gasteiger partial charge in [0.2, 0.25) is 0 Å². The summed E-state index contributed by atoms with van der Waals surface area (Å²) in [5, 5.41) is 3.70. The van der Waals surface area contributed by atoms with Gasteiger partial charge >= 0.3 is 0 Å². The Morgan fingerprint density at radius 2 is 2.12 bits per heavy atom. The summed E-state index contributed by atoms with van der Waals surface area (Å²) in [5.41, 5.74) is 1.96. The van der Waals surface area contributed by atoms with Crippen LogP contribution in [0.2, 0.25) is 0 Å². The van der Waals surface area contributed by atoms with Crippen LogP contribution in [0.25, 0.3) is 0 Å². The molecular weight excluding hydrogens is 216 g/mol. The molecule has 0 radical (unpaired) electrons. The largest absolute Gasteiger partial charge is 0.314 e. The molecule has 0 spiro atoms. The molecule has 1 heterocycles. The monoisotopic (exact) mass is 236 g/mol. The van der Waals surface area contributed by atoms with Crippen molar-refractivity contribution < 1.29 is 0 Å². The Balaban J connectivity index is 1.51. The Kier molecular flexibility index (Phi) is 3.25.